The molecular formula is C18H22N4O3. The minimum atomic E-state index is -0.133. The molecule has 1 fully saturated rings. The maximum atomic E-state index is 12.6. The van der Waals surface area contributed by atoms with Gasteiger partial charge < -0.3 is 25.0 Å². The number of urea groups is 1. The highest BCUT2D eigenvalue weighted by atomic mass is 16.5. The fourth-order valence-corrected chi connectivity index (χ4v) is 2.67. The van der Waals surface area contributed by atoms with Crippen molar-refractivity contribution in [3.05, 3.63) is 48.8 Å². The minimum absolute atomic E-state index is 0.0489. The Kier molecular flexibility index (Phi) is 5.69. The van der Waals surface area contributed by atoms with E-state index < -0.39 is 0 Å². The van der Waals surface area contributed by atoms with E-state index in [4.69, 9.17) is 9.47 Å². The van der Waals surface area contributed by atoms with Crippen LogP contribution in [0.25, 0.3) is 0 Å². The average Bonchev–Trinajstić information content (AvgIpc) is 2.68. The molecule has 2 N–H and O–H groups in total. The summed E-state index contributed by atoms with van der Waals surface area (Å²) < 4.78 is 10.9. The number of carbonyl (C=O) groups is 1. The molecule has 1 aromatic carbocycles. The molecule has 1 atom stereocenters. The molecule has 7 nitrogen and oxygen atoms in total. The topological polar surface area (TPSA) is 75.7 Å². The number of methoxy groups -OCH3 is 1. The maximum Gasteiger partial charge on any atom is 0.322 e. The van der Waals surface area contributed by atoms with Crippen molar-refractivity contribution in [2.24, 2.45) is 0 Å². The van der Waals surface area contributed by atoms with Crippen LogP contribution in [0.3, 0.4) is 0 Å². The Labute approximate surface area is 147 Å². The first-order valence-corrected chi connectivity index (χ1v) is 8.21. The Morgan fingerprint density at radius 2 is 2.16 bits per heavy atom. The van der Waals surface area contributed by atoms with Crippen LogP contribution in [0.15, 0.2) is 48.8 Å². The van der Waals surface area contributed by atoms with Crippen molar-refractivity contribution in [3.8, 4) is 11.5 Å². The van der Waals surface area contributed by atoms with Crippen LogP contribution < -0.4 is 20.1 Å². The number of aromatic nitrogens is 1. The molecule has 2 heterocycles. The fraction of sp³-hybridized carbons (Fsp3) is 0.333. The minimum Gasteiger partial charge on any atom is -0.497 e. The second-order valence-corrected chi connectivity index (χ2v) is 5.71. The lowest BCUT2D eigenvalue weighted by atomic mass is 10.2. The van der Waals surface area contributed by atoms with Crippen molar-refractivity contribution in [1.29, 1.82) is 0 Å². The number of rotatable bonds is 5. The molecule has 1 aliphatic rings. The molecule has 0 bridgehead atoms. The number of benzene rings is 1. The van der Waals surface area contributed by atoms with Gasteiger partial charge in [-0.05, 0) is 36.4 Å². The molecule has 25 heavy (non-hydrogen) atoms. The van der Waals surface area contributed by atoms with E-state index in [1.54, 1.807) is 24.4 Å². The molecule has 2 aromatic rings. The second-order valence-electron chi connectivity index (χ2n) is 5.71. The number of nitrogens with one attached hydrogen (secondary N) is 2. The molecule has 3 rings (SSSR count). The molecule has 0 unspecified atom stereocenters. The van der Waals surface area contributed by atoms with Crippen molar-refractivity contribution >= 4 is 11.7 Å². The van der Waals surface area contributed by atoms with Crippen molar-refractivity contribution in [1.82, 2.24) is 15.2 Å². The van der Waals surface area contributed by atoms with Gasteiger partial charge in [0.05, 0.1) is 19.3 Å². The lowest BCUT2D eigenvalue weighted by molar-refractivity contribution is 0.133. The third-order valence-corrected chi connectivity index (χ3v) is 4.03. The van der Waals surface area contributed by atoms with E-state index in [1.807, 2.05) is 36.4 Å². The van der Waals surface area contributed by atoms with Crippen LogP contribution in [0.5, 0.6) is 11.5 Å². The third-order valence-electron chi connectivity index (χ3n) is 4.03. The van der Waals surface area contributed by atoms with Crippen molar-refractivity contribution < 1.29 is 14.3 Å². The smallest absolute Gasteiger partial charge is 0.322 e. The first-order valence-electron chi connectivity index (χ1n) is 8.21. The van der Waals surface area contributed by atoms with Gasteiger partial charge in [0.1, 0.15) is 18.1 Å². The molecule has 0 aliphatic carbocycles. The standard InChI is InChI=1S/C18H22N4O3/c1-24-16-6-4-14(5-7-16)21-18(23)22-10-9-20-11-15(22)13-25-17-3-2-8-19-12-17/h2-8,12,15,20H,9-11,13H2,1H3,(H,21,23)/t15-/m0/s1. The number of amides is 2. The van der Waals surface area contributed by atoms with Crippen LogP contribution in [0.2, 0.25) is 0 Å². The summed E-state index contributed by atoms with van der Waals surface area (Å²) >= 11 is 0. The normalized spacial score (nSPS) is 17.0. The number of piperazine rings is 1. The quantitative estimate of drug-likeness (QED) is 0.869. The highest BCUT2D eigenvalue weighted by molar-refractivity contribution is 5.89. The Balaban J connectivity index is 1.60. The number of ether oxygens (including phenoxy) is 2. The largest absolute Gasteiger partial charge is 0.497 e. The summed E-state index contributed by atoms with van der Waals surface area (Å²) in [7, 11) is 1.61. The van der Waals surface area contributed by atoms with Crippen LogP contribution in [0.4, 0.5) is 10.5 Å². The van der Waals surface area contributed by atoms with E-state index in [1.165, 1.54) is 0 Å². The zero-order valence-corrected chi connectivity index (χ0v) is 14.1. The van der Waals surface area contributed by atoms with Gasteiger partial charge in [0.2, 0.25) is 0 Å². The average molecular weight is 342 g/mol. The summed E-state index contributed by atoms with van der Waals surface area (Å²) in [6.45, 7) is 2.49. The second kappa shape index (κ2) is 8.34. The highest BCUT2D eigenvalue weighted by Crippen LogP contribution is 2.17. The van der Waals surface area contributed by atoms with Crippen LogP contribution in [0, 0.1) is 0 Å². The SMILES string of the molecule is COc1ccc(NC(=O)N2CCNC[C@H]2COc2cccnc2)cc1. The summed E-state index contributed by atoms with van der Waals surface area (Å²) in [5, 5.41) is 6.23. The van der Waals surface area contributed by atoms with Gasteiger partial charge in [-0.1, -0.05) is 0 Å². The summed E-state index contributed by atoms with van der Waals surface area (Å²) in [6.07, 6.45) is 3.36. The van der Waals surface area contributed by atoms with E-state index in [0.29, 0.717) is 25.4 Å². The lowest BCUT2D eigenvalue weighted by Gasteiger charge is -2.35. The Morgan fingerprint density at radius 1 is 1.32 bits per heavy atom. The predicted octanol–water partition coefficient (Wildman–Crippen LogP) is 1.97. The summed E-state index contributed by atoms with van der Waals surface area (Å²) in [5.41, 5.74) is 0.733. The number of hydrogen-bond acceptors (Lipinski definition) is 5. The van der Waals surface area contributed by atoms with Gasteiger partial charge in [-0.25, -0.2) is 4.79 Å². The van der Waals surface area contributed by atoms with E-state index in [2.05, 4.69) is 15.6 Å². The molecule has 1 aliphatic heterocycles. The fourth-order valence-electron chi connectivity index (χ4n) is 2.67. The third kappa shape index (κ3) is 4.60. The highest BCUT2D eigenvalue weighted by Gasteiger charge is 2.27. The molecule has 1 saturated heterocycles. The van der Waals surface area contributed by atoms with Crippen molar-refractivity contribution in [2.45, 2.75) is 6.04 Å². The first-order chi connectivity index (χ1) is 12.3. The molecule has 0 radical (unpaired) electrons. The van der Waals surface area contributed by atoms with E-state index in [9.17, 15) is 4.79 Å². The van der Waals surface area contributed by atoms with Gasteiger partial charge in [0.25, 0.3) is 0 Å². The van der Waals surface area contributed by atoms with Gasteiger partial charge in [-0.2, -0.15) is 0 Å². The molecular weight excluding hydrogens is 320 g/mol. The number of carbonyl (C=O) groups excluding carboxylic acids is 1. The van der Waals surface area contributed by atoms with Crippen LogP contribution in [-0.2, 0) is 0 Å². The van der Waals surface area contributed by atoms with E-state index in [0.717, 1.165) is 18.0 Å². The van der Waals surface area contributed by atoms with Gasteiger partial charge in [-0.15, -0.1) is 0 Å². The summed E-state index contributed by atoms with van der Waals surface area (Å²) in [4.78, 5) is 18.5. The van der Waals surface area contributed by atoms with E-state index >= 15 is 0 Å². The Morgan fingerprint density at radius 3 is 2.88 bits per heavy atom. The lowest BCUT2D eigenvalue weighted by Crippen LogP contribution is -2.57. The Bertz CT molecular complexity index is 678. The maximum absolute atomic E-state index is 12.6. The predicted molar refractivity (Wildman–Crippen MR) is 95.1 cm³/mol. The van der Waals surface area contributed by atoms with E-state index in [-0.39, 0.29) is 12.1 Å². The summed E-state index contributed by atoms with van der Waals surface area (Å²) in [6, 6.07) is 10.8. The molecule has 0 saturated carbocycles. The zero-order valence-electron chi connectivity index (χ0n) is 14.1. The number of hydrogen-bond donors (Lipinski definition) is 2. The van der Waals surface area contributed by atoms with Crippen LogP contribution in [-0.4, -0.2) is 55.3 Å². The monoisotopic (exact) mass is 342 g/mol. The van der Waals surface area contributed by atoms with Gasteiger partial charge in [0, 0.05) is 31.5 Å². The zero-order chi connectivity index (χ0) is 17.5. The molecule has 7 heteroatoms. The molecule has 1 aromatic heterocycles. The summed E-state index contributed by atoms with van der Waals surface area (Å²) in [5.74, 6) is 1.45. The Hall–Kier alpha value is -2.80. The van der Waals surface area contributed by atoms with Gasteiger partial charge >= 0.3 is 6.03 Å². The van der Waals surface area contributed by atoms with Crippen LogP contribution in [0.1, 0.15) is 0 Å². The van der Waals surface area contributed by atoms with Crippen molar-refractivity contribution in [2.75, 3.05) is 38.7 Å². The molecule has 2 amide bonds. The number of pyridine rings is 1. The van der Waals surface area contributed by atoms with Crippen molar-refractivity contribution in [3.63, 3.8) is 0 Å². The molecule has 0 spiro atoms. The first kappa shape index (κ1) is 17.0. The number of nitrogens with zero attached hydrogens (tertiary/aromatic N) is 2. The molecule has 132 valence electrons. The van der Waals surface area contributed by atoms with Gasteiger partial charge in [0.15, 0.2) is 0 Å². The van der Waals surface area contributed by atoms with Crippen LogP contribution >= 0.6 is 0 Å². The number of anilines is 1. The van der Waals surface area contributed by atoms with Gasteiger partial charge in [-0.3, -0.25) is 4.98 Å².